The van der Waals surface area contributed by atoms with Gasteiger partial charge in [-0.3, -0.25) is 19.2 Å². The van der Waals surface area contributed by atoms with Crippen molar-refractivity contribution in [1.82, 2.24) is 5.32 Å². The van der Waals surface area contributed by atoms with E-state index >= 15 is 0 Å². The molecule has 25 heavy (non-hydrogen) atoms. The number of carbonyl (C=O) groups excluding carboxylic acids is 4. The molecule has 1 atom stereocenters. The summed E-state index contributed by atoms with van der Waals surface area (Å²) in [6, 6.07) is -1.67. The molecule has 0 unspecified atom stereocenters. The van der Waals surface area contributed by atoms with E-state index in [1.165, 1.54) is 13.8 Å². The Morgan fingerprint density at radius 1 is 1.20 bits per heavy atom. The average molecular weight is 359 g/mol. The number of hydrogen-bond donors (Lipinski definition) is 2. The highest BCUT2D eigenvalue weighted by molar-refractivity contribution is 6.18. The molecule has 0 radical (unpaired) electrons. The van der Waals surface area contributed by atoms with Crippen LogP contribution >= 0.6 is 0 Å². The maximum atomic E-state index is 12.4. The monoisotopic (exact) mass is 359 g/mol. The summed E-state index contributed by atoms with van der Waals surface area (Å²) < 4.78 is 14.6. The first kappa shape index (κ1) is 20.4. The van der Waals surface area contributed by atoms with Crippen LogP contribution in [0.2, 0.25) is 0 Å². The highest BCUT2D eigenvalue weighted by Crippen LogP contribution is 2.25. The molecule has 10 heteroatoms. The summed E-state index contributed by atoms with van der Waals surface area (Å²) in [6.07, 6.45) is -1.91. The number of hydrogen-bond acceptors (Lipinski definition) is 8. The van der Waals surface area contributed by atoms with Crippen LogP contribution < -0.4 is 5.32 Å². The number of amides is 1. The molecule has 0 bridgehead atoms. The highest BCUT2D eigenvalue weighted by atomic mass is 16.7. The first-order valence-corrected chi connectivity index (χ1v) is 7.42. The second-order valence-corrected chi connectivity index (χ2v) is 6.87. The number of rotatable bonds is 5. The molecule has 1 saturated heterocycles. The molecule has 1 heterocycles. The first-order valence-electron chi connectivity index (χ1n) is 7.42. The molecule has 1 rings (SSSR count). The van der Waals surface area contributed by atoms with Crippen LogP contribution in [0.1, 0.15) is 41.0 Å². The minimum absolute atomic E-state index is 0.849. The van der Waals surface area contributed by atoms with Gasteiger partial charge in [0.1, 0.15) is 11.6 Å². The summed E-state index contributed by atoms with van der Waals surface area (Å²) >= 11 is 0. The van der Waals surface area contributed by atoms with Gasteiger partial charge in [0.05, 0.1) is 6.42 Å². The van der Waals surface area contributed by atoms with Crippen molar-refractivity contribution in [3.05, 3.63) is 0 Å². The third kappa shape index (κ3) is 6.05. The first-order chi connectivity index (χ1) is 11.2. The van der Waals surface area contributed by atoms with Crippen LogP contribution in [0, 0.1) is 5.92 Å². The Labute approximate surface area is 143 Å². The minimum atomic E-state index is -1.98. The van der Waals surface area contributed by atoms with Crippen molar-refractivity contribution in [2.45, 2.75) is 58.5 Å². The average Bonchev–Trinajstić information content (AvgIpc) is 2.31. The third-order valence-electron chi connectivity index (χ3n) is 2.86. The fourth-order valence-electron chi connectivity index (χ4n) is 2.00. The molecule has 0 aromatic heterocycles. The lowest BCUT2D eigenvalue weighted by atomic mass is 9.95. The van der Waals surface area contributed by atoms with Gasteiger partial charge < -0.3 is 24.6 Å². The zero-order valence-electron chi connectivity index (χ0n) is 14.6. The number of carboxylic acid groups (broad SMARTS) is 1. The fraction of sp³-hybridized carbons (Fsp3) is 0.667. The van der Waals surface area contributed by atoms with Gasteiger partial charge >= 0.3 is 24.0 Å². The normalized spacial score (nSPS) is 18.6. The van der Waals surface area contributed by atoms with Gasteiger partial charge in [0, 0.05) is 13.8 Å². The quantitative estimate of drug-likeness (QED) is 0.525. The number of carboxylic acids is 1. The fourth-order valence-corrected chi connectivity index (χ4v) is 2.00. The summed E-state index contributed by atoms with van der Waals surface area (Å²) in [5.74, 6) is -8.44. The molecule has 1 amide bonds. The van der Waals surface area contributed by atoms with Gasteiger partial charge in [-0.25, -0.2) is 4.79 Å². The van der Waals surface area contributed by atoms with E-state index < -0.39 is 59.6 Å². The van der Waals surface area contributed by atoms with E-state index in [9.17, 15) is 24.0 Å². The van der Waals surface area contributed by atoms with Crippen molar-refractivity contribution in [3.63, 3.8) is 0 Å². The van der Waals surface area contributed by atoms with E-state index in [2.05, 4.69) is 5.32 Å². The number of alkyl carbamates (subject to hydrolysis) is 1. The summed E-state index contributed by atoms with van der Waals surface area (Å²) in [7, 11) is 0. The Morgan fingerprint density at radius 2 is 1.68 bits per heavy atom. The molecule has 2 N–H and O–H groups in total. The van der Waals surface area contributed by atoms with Gasteiger partial charge in [0.15, 0.2) is 5.78 Å². The van der Waals surface area contributed by atoms with Gasteiger partial charge in [0.2, 0.25) is 5.92 Å². The Hall–Kier alpha value is -2.65. The van der Waals surface area contributed by atoms with Crippen molar-refractivity contribution in [2.24, 2.45) is 5.92 Å². The summed E-state index contributed by atoms with van der Waals surface area (Å²) in [5.41, 5.74) is -0.895. The van der Waals surface area contributed by atoms with Gasteiger partial charge in [-0.15, -0.1) is 0 Å². The van der Waals surface area contributed by atoms with E-state index in [0.717, 1.165) is 0 Å². The van der Waals surface area contributed by atoms with Crippen LogP contribution in [0.4, 0.5) is 4.79 Å². The summed E-state index contributed by atoms with van der Waals surface area (Å²) in [4.78, 5) is 59.0. The minimum Gasteiger partial charge on any atom is -0.481 e. The van der Waals surface area contributed by atoms with Crippen molar-refractivity contribution in [1.29, 1.82) is 0 Å². The molecule has 1 fully saturated rings. The van der Waals surface area contributed by atoms with Gasteiger partial charge in [0.25, 0.3) is 5.79 Å². The van der Waals surface area contributed by atoms with Crippen LogP contribution in [-0.4, -0.2) is 52.3 Å². The number of Topliss-reactive ketones (excluding diaryl/α,β-unsaturated/α-hetero) is 1. The predicted molar refractivity (Wildman–Crippen MR) is 80.2 cm³/mol. The lowest BCUT2D eigenvalue weighted by molar-refractivity contribution is -0.238. The highest BCUT2D eigenvalue weighted by Gasteiger charge is 2.49. The maximum Gasteiger partial charge on any atom is 0.408 e. The second-order valence-electron chi connectivity index (χ2n) is 6.87. The molecule has 140 valence electrons. The van der Waals surface area contributed by atoms with E-state index in [4.69, 9.17) is 19.3 Å². The zero-order chi connectivity index (χ0) is 19.6. The molecule has 1 aliphatic heterocycles. The molecular formula is C15H21NO9. The van der Waals surface area contributed by atoms with Crippen LogP contribution in [0.5, 0.6) is 0 Å². The van der Waals surface area contributed by atoms with Crippen LogP contribution in [0.25, 0.3) is 0 Å². The number of aliphatic carboxylic acids is 1. The van der Waals surface area contributed by atoms with Crippen molar-refractivity contribution >= 4 is 29.8 Å². The molecule has 0 aromatic rings. The topological polar surface area (TPSA) is 145 Å². The number of carbonyl (C=O) groups is 5. The largest absolute Gasteiger partial charge is 0.481 e. The molecule has 0 aromatic carbocycles. The smallest absolute Gasteiger partial charge is 0.408 e. The van der Waals surface area contributed by atoms with Crippen LogP contribution in [-0.2, 0) is 33.4 Å². The molecule has 0 saturated carbocycles. The van der Waals surface area contributed by atoms with Crippen molar-refractivity contribution in [2.75, 3.05) is 0 Å². The number of esters is 2. The number of nitrogens with one attached hydrogen (secondary N) is 1. The predicted octanol–water partition coefficient (Wildman–Crippen LogP) is 0.376. The maximum absolute atomic E-state index is 12.4. The van der Waals surface area contributed by atoms with E-state index in [-0.39, 0.29) is 0 Å². The van der Waals surface area contributed by atoms with Gasteiger partial charge in [-0.1, -0.05) is 0 Å². The van der Waals surface area contributed by atoms with Gasteiger partial charge in [-0.2, -0.15) is 0 Å². The SMILES string of the molecule is CC(C)(C)OC(=O)N[C@H](CC(=O)O)C(=O)C1C(=O)OC(C)(C)OC1=O. The summed E-state index contributed by atoms with van der Waals surface area (Å²) in [5, 5.41) is 11.0. The summed E-state index contributed by atoms with van der Waals surface area (Å²) in [6.45, 7) is 7.31. The lowest BCUT2D eigenvalue weighted by Crippen LogP contribution is -2.55. The molecular weight excluding hydrogens is 338 g/mol. The van der Waals surface area contributed by atoms with E-state index in [1.54, 1.807) is 20.8 Å². The molecule has 1 aliphatic rings. The van der Waals surface area contributed by atoms with Crippen molar-refractivity contribution in [3.8, 4) is 0 Å². The molecule has 0 spiro atoms. The standard InChI is InChI=1S/C15H21NO9/c1-14(2,3)25-13(22)16-7(6-8(17)18)10(19)9-11(20)23-15(4,5)24-12(9)21/h7,9H,6H2,1-5H3,(H,16,22)(H,17,18)/t7-/m1/s1. The Kier molecular flexibility index (Phi) is 5.77. The molecule has 10 nitrogen and oxygen atoms in total. The van der Waals surface area contributed by atoms with Crippen LogP contribution in [0.3, 0.4) is 0 Å². The lowest BCUT2D eigenvalue weighted by Gasteiger charge is -2.33. The Morgan fingerprint density at radius 3 is 2.08 bits per heavy atom. The molecule has 0 aliphatic carbocycles. The third-order valence-corrected chi connectivity index (χ3v) is 2.86. The number of ether oxygens (including phenoxy) is 3. The number of cyclic esters (lactones) is 2. The zero-order valence-corrected chi connectivity index (χ0v) is 14.6. The van der Waals surface area contributed by atoms with Crippen LogP contribution in [0.15, 0.2) is 0 Å². The van der Waals surface area contributed by atoms with Crippen molar-refractivity contribution < 1.29 is 43.3 Å². The Bertz CT molecular complexity index is 583. The van der Waals surface area contributed by atoms with E-state index in [1.807, 2.05) is 0 Å². The number of ketones is 1. The van der Waals surface area contributed by atoms with E-state index in [0.29, 0.717) is 0 Å². The second kappa shape index (κ2) is 7.08. The Balaban J connectivity index is 2.97. The van der Waals surface area contributed by atoms with Gasteiger partial charge in [-0.05, 0) is 20.8 Å².